The lowest BCUT2D eigenvalue weighted by Gasteiger charge is -2.07. The van der Waals surface area contributed by atoms with E-state index in [2.05, 4.69) is 26.2 Å². The van der Waals surface area contributed by atoms with Crippen LogP contribution in [-0.2, 0) is 13.1 Å². The minimum Gasteiger partial charge on any atom is -0.347 e. The predicted molar refractivity (Wildman–Crippen MR) is 73.2 cm³/mol. The molecule has 2 rings (SSSR count). The molecule has 0 saturated carbocycles. The molecule has 94 valence electrons. The van der Waals surface area contributed by atoms with E-state index in [0.29, 0.717) is 12.2 Å². The molecule has 1 amide bonds. The fraction of sp³-hybridized carbons (Fsp3) is 0.231. The SMILES string of the molecule is CCn1cc(Br)cc1C(=O)NCc1cccnc1. The average molecular weight is 308 g/mol. The summed E-state index contributed by atoms with van der Waals surface area (Å²) in [4.78, 5) is 16.0. The van der Waals surface area contributed by atoms with Crippen molar-refractivity contribution in [1.29, 1.82) is 0 Å². The Morgan fingerprint density at radius 1 is 1.56 bits per heavy atom. The van der Waals surface area contributed by atoms with Crippen molar-refractivity contribution >= 4 is 21.8 Å². The molecular formula is C13H14BrN3O. The first kappa shape index (κ1) is 12.8. The average Bonchev–Trinajstić information content (AvgIpc) is 2.78. The first-order chi connectivity index (χ1) is 8.70. The van der Waals surface area contributed by atoms with Crippen molar-refractivity contribution in [3.63, 3.8) is 0 Å². The van der Waals surface area contributed by atoms with E-state index in [-0.39, 0.29) is 5.91 Å². The topological polar surface area (TPSA) is 46.9 Å². The summed E-state index contributed by atoms with van der Waals surface area (Å²) in [7, 11) is 0. The molecular weight excluding hydrogens is 294 g/mol. The summed E-state index contributed by atoms with van der Waals surface area (Å²) in [6, 6.07) is 5.61. The van der Waals surface area contributed by atoms with Crippen LogP contribution in [-0.4, -0.2) is 15.5 Å². The Morgan fingerprint density at radius 2 is 2.39 bits per heavy atom. The third-order valence-corrected chi connectivity index (χ3v) is 3.05. The van der Waals surface area contributed by atoms with Gasteiger partial charge in [-0.15, -0.1) is 0 Å². The summed E-state index contributed by atoms with van der Waals surface area (Å²) in [5.74, 6) is -0.0774. The van der Waals surface area contributed by atoms with Crippen LogP contribution in [0, 0.1) is 0 Å². The summed E-state index contributed by atoms with van der Waals surface area (Å²) < 4.78 is 2.82. The molecule has 0 radical (unpaired) electrons. The van der Waals surface area contributed by atoms with Gasteiger partial charge in [0.05, 0.1) is 0 Å². The lowest BCUT2D eigenvalue weighted by Crippen LogP contribution is -2.25. The number of nitrogens with one attached hydrogen (secondary N) is 1. The van der Waals surface area contributed by atoms with E-state index in [0.717, 1.165) is 16.6 Å². The number of amides is 1. The molecule has 4 nitrogen and oxygen atoms in total. The van der Waals surface area contributed by atoms with Gasteiger partial charge in [-0.1, -0.05) is 6.07 Å². The number of carbonyl (C=O) groups excluding carboxylic acids is 1. The Morgan fingerprint density at radius 3 is 3.06 bits per heavy atom. The quantitative estimate of drug-likeness (QED) is 0.944. The summed E-state index contributed by atoms with van der Waals surface area (Å²) >= 11 is 3.38. The number of nitrogens with zero attached hydrogens (tertiary/aromatic N) is 2. The summed E-state index contributed by atoms with van der Waals surface area (Å²) in [6.07, 6.45) is 5.36. The van der Waals surface area contributed by atoms with Crippen molar-refractivity contribution < 1.29 is 4.79 Å². The van der Waals surface area contributed by atoms with Gasteiger partial charge in [0.1, 0.15) is 5.69 Å². The van der Waals surface area contributed by atoms with Crippen LogP contribution in [0.25, 0.3) is 0 Å². The Bertz CT molecular complexity index is 536. The first-order valence-electron chi connectivity index (χ1n) is 5.73. The van der Waals surface area contributed by atoms with Gasteiger partial charge in [-0.3, -0.25) is 9.78 Å². The van der Waals surface area contributed by atoms with Crippen LogP contribution in [0.1, 0.15) is 23.0 Å². The molecule has 18 heavy (non-hydrogen) atoms. The molecule has 2 aromatic rings. The molecule has 0 fully saturated rings. The number of carbonyl (C=O) groups is 1. The van der Waals surface area contributed by atoms with Gasteiger partial charge < -0.3 is 9.88 Å². The minimum absolute atomic E-state index is 0.0774. The molecule has 0 saturated heterocycles. The van der Waals surface area contributed by atoms with Crippen LogP contribution in [0.5, 0.6) is 0 Å². The normalized spacial score (nSPS) is 10.3. The lowest BCUT2D eigenvalue weighted by atomic mass is 10.3. The van der Waals surface area contributed by atoms with Crippen molar-refractivity contribution in [2.75, 3.05) is 0 Å². The Kier molecular flexibility index (Phi) is 4.15. The fourth-order valence-corrected chi connectivity index (χ4v) is 2.17. The number of aromatic nitrogens is 2. The van der Waals surface area contributed by atoms with Gasteiger partial charge in [0.2, 0.25) is 0 Å². The van der Waals surface area contributed by atoms with Crippen molar-refractivity contribution in [2.45, 2.75) is 20.0 Å². The van der Waals surface area contributed by atoms with E-state index in [4.69, 9.17) is 0 Å². The molecule has 5 heteroatoms. The number of hydrogen-bond acceptors (Lipinski definition) is 2. The number of rotatable bonds is 4. The number of hydrogen-bond donors (Lipinski definition) is 1. The van der Waals surface area contributed by atoms with Crippen molar-refractivity contribution in [2.24, 2.45) is 0 Å². The third kappa shape index (κ3) is 2.98. The molecule has 0 aromatic carbocycles. The van der Waals surface area contributed by atoms with Gasteiger partial charge in [-0.2, -0.15) is 0 Å². The molecule has 2 aromatic heterocycles. The van der Waals surface area contributed by atoms with E-state index < -0.39 is 0 Å². The fourth-order valence-electron chi connectivity index (χ4n) is 1.70. The van der Waals surface area contributed by atoms with Gasteiger partial charge in [-0.25, -0.2) is 0 Å². The van der Waals surface area contributed by atoms with Gasteiger partial charge in [-0.05, 0) is 40.5 Å². The molecule has 0 unspecified atom stereocenters. The molecule has 0 bridgehead atoms. The van der Waals surface area contributed by atoms with Crippen LogP contribution in [0.4, 0.5) is 0 Å². The van der Waals surface area contributed by atoms with E-state index in [1.54, 1.807) is 12.4 Å². The largest absolute Gasteiger partial charge is 0.347 e. The maximum absolute atomic E-state index is 12.0. The van der Waals surface area contributed by atoms with Crippen LogP contribution in [0.3, 0.4) is 0 Å². The maximum atomic E-state index is 12.0. The second-order valence-electron chi connectivity index (χ2n) is 3.87. The third-order valence-electron chi connectivity index (χ3n) is 2.61. The van der Waals surface area contributed by atoms with Gasteiger partial charge in [0, 0.05) is 36.2 Å². The molecule has 0 atom stereocenters. The zero-order valence-electron chi connectivity index (χ0n) is 10.1. The van der Waals surface area contributed by atoms with E-state index >= 15 is 0 Å². The zero-order chi connectivity index (χ0) is 13.0. The highest BCUT2D eigenvalue weighted by molar-refractivity contribution is 9.10. The minimum atomic E-state index is -0.0774. The van der Waals surface area contributed by atoms with Crippen LogP contribution < -0.4 is 5.32 Å². The van der Waals surface area contributed by atoms with Crippen LogP contribution in [0.15, 0.2) is 41.3 Å². The lowest BCUT2D eigenvalue weighted by molar-refractivity contribution is 0.0941. The highest BCUT2D eigenvalue weighted by Gasteiger charge is 2.11. The molecule has 0 aliphatic heterocycles. The second kappa shape index (κ2) is 5.82. The number of halogens is 1. The number of aryl methyl sites for hydroxylation is 1. The van der Waals surface area contributed by atoms with Crippen molar-refractivity contribution in [3.05, 3.63) is 52.5 Å². The predicted octanol–water partition coefficient (Wildman–Crippen LogP) is 2.60. The van der Waals surface area contributed by atoms with Gasteiger partial charge in [0.25, 0.3) is 5.91 Å². The molecule has 0 aliphatic carbocycles. The van der Waals surface area contributed by atoms with Crippen LogP contribution in [0.2, 0.25) is 0 Å². The monoisotopic (exact) mass is 307 g/mol. The van der Waals surface area contributed by atoms with Crippen molar-refractivity contribution in [1.82, 2.24) is 14.9 Å². The molecule has 0 aliphatic rings. The van der Waals surface area contributed by atoms with E-state index in [1.807, 2.05) is 35.9 Å². The Balaban J connectivity index is 2.04. The molecule has 2 heterocycles. The summed E-state index contributed by atoms with van der Waals surface area (Å²) in [6.45, 7) is 3.25. The highest BCUT2D eigenvalue weighted by atomic mass is 79.9. The van der Waals surface area contributed by atoms with Gasteiger partial charge in [0.15, 0.2) is 0 Å². The van der Waals surface area contributed by atoms with Crippen molar-refractivity contribution in [3.8, 4) is 0 Å². The van der Waals surface area contributed by atoms with E-state index in [9.17, 15) is 4.79 Å². The molecule has 0 spiro atoms. The van der Waals surface area contributed by atoms with E-state index in [1.165, 1.54) is 0 Å². The second-order valence-corrected chi connectivity index (χ2v) is 4.79. The standard InChI is InChI=1S/C13H14BrN3O/c1-2-17-9-11(14)6-12(17)13(18)16-8-10-4-3-5-15-7-10/h3-7,9H,2,8H2,1H3,(H,16,18). The van der Waals surface area contributed by atoms with Gasteiger partial charge >= 0.3 is 0 Å². The zero-order valence-corrected chi connectivity index (χ0v) is 11.6. The highest BCUT2D eigenvalue weighted by Crippen LogP contribution is 2.15. The summed E-state index contributed by atoms with van der Waals surface area (Å²) in [5, 5.41) is 2.88. The van der Waals surface area contributed by atoms with Crippen LogP contribution >= 0.6 is 15.9 Å². The first-order valence-corrected chi connectivity index (χ1v) is 6.52. The Labute approximate surface area is 114 Å². The number of pyridine rings is 1. The molecule has 1 N–H and O–H groups in total. The summed E-state index contributed by atoms with van der Waals surface area (Å²) in [5.41, 5.74) is 1.65. The smallest absolute Gasteiger partial charge is 0.268 e. The Hall–Kier alpha value is -1.62. The maximum Gasteiger partial charge on any atom is 0.268 e.